The van der Waals surface area contributed by atoms with Gasteiger partial charge in [-0.1, -0.05) is 47.2 Å². The molecule has 1 aliphatic rings. The first kappa shape index (κ1) is 19.6. The Balaban J connectivity index is 1.53. The monoisotopic (exact) mass is 450 g/mol. The molecule has 1 aliphatic heterocycles. The number of carbonyl (C=O) groups is 1. The van der Waals surface area contributed by atoms with Gasteiger partial charge in [0.1, 0.15) is 10.8 Å². The number of rotatable bonds is 4. The van der Waals surface area contributed by atoms with E-state index in [1.165, 1.54) is 11.3 Å². The summed E-state index contributed by atoms with van der Waals surface area (Å²) in [5, 5.41) is 12.2. The van der Waals surface area contributed by atoms with Crippen molar-refractivity contribution in [1.82, 2.24) is 10.2 Å². The minimum absolute atomic E-state index is 0.134. The third-order valence-electron chi connectivity index (χ3n) is 4.17. The van der Waals surface area contributed by atoms with Crippen LogP contribution >= 0.6 is 22.9 Å². The highest BCUT2D eigenvalue weighted by Gasteiger charge is 2.35. The molecule has 0 spiro atoms. The van der Waals surface area contributed by atoms with Crippen molar-refractivity contribution in [2.45, 2.75) is 6.10 Å². The Hall–Kier alpha value is -2.69. The number of sulfonamides is 1. The quantitative estimate of drug-likeness (QED) is 0.655. The van der Waals surface area contributed by atoms with Crippen LogP contribution in [0.25, 0.3) is 10.6 Å². The van der Waals surface area contributed by atoms with Gasteiger partial charge in [0.15, 0.2) is 6.10 Å². The van der Waals surface area contributed by atoms with Gasteiger partial charge in [-0.05, 0) is 24.3 Å². The average molecular weight is 451 g/mol. The van der Waals surface area contributed by atoms with E-state index in [4.69, 9.17) is 16.3 Å². The molecule has 4 rings (SSSR count). The zero-order valence-corrected chi connectivity index (χ0v) is 17.5. The van der Waals surface area contributed by atoms with Crippen molar-refractivity contribution in [2.75, 3.05) is 22.4 Å². The summed E-state index contributed by atoms with van der Waals surface area (Å²) in [6.45, 7) is -0.134. The number of hydrogen-bond acceptors (Lipinski definition) is 7. The molecule has 3 aromatic rings. The minimum atomic E-state index is -3.58. The molecule has 1 atom stereocenters. The van der Waals surface area contributed by atoms with Crippen LogP contribution in [0.5, 0.6) is 5.75 Å². The van der Waals surface area contributed by atoms with Gasteiger partial charge >= 0.3 is 0 Å². The van der Waals surface area contributed by atoms with Gasteiger partial charge in [-0.2, -0.15) is 0 Å². The van der Waals surface area contributed by atoms with Crippen molar-refractivity contribution in [3.63, 3.8) is 0 Å². The maximum absolute atomic E-state index is 12.7. The molecular weight excluding hydrogens is 436 g/mol. The first-order chi connectivity index (χ1) is 13.8. The second kappa shape index (κ2) is 7.62. The van der Waals surface area contributed by atoms with E-state index in [2.05, 4.69) is 15.5 Å². The molecule has 8 nitrogen and oxygen atoms in total. The molecule has 2 aromatic carbocycles. The normalized spacial score (nSPS) is 16.1. The van der Waals surface area contributed by atoms with Crippen LogP contribution in [-0.2, 0) is 14.8 Å². The fourth-order valence-corrected chi connectivity index (χ4v) is 4.61. The summed E-state index contributed by atoms with van der Waals surface area (Å²) in [4.78, 5) is 12.7. The number of hydrogen-bond donors (Lipinski definition) is 1. The van der Waals surface area contributed by atoms with Crippen molar-refractivity contribution in [1.29, 1.82) is 0 Å². The number of benzene rings is 2. The van der Waals surface area contributed by atoms with Crippen LogP contribution < -0.4 is 14.4 Å². The van der Waals surface area contributed by atoms with E-state index >= 15 is 0 Å². The molecule has 29 heavy (non-hydrogen) atoms. The molecule has 0 fully saturated rings. The standard InChI is InChI=1S/C18H15ClN4O4S2/c1-29(25,26)23-10-15(27-14-5-3-2-4-13(14)23)16(24)20-18-22-21-17(28-18)11-6-8-12(19)9-7-11/h2-9,15H,10H2,1H3,(H,20,22,24). The summed E-state index contributed by atoms with van der Waals surface area (Å²) in [6, 6.07) is 13.8. The van der Waals surface area contributed by atoms with Crippen LogP contribution in [-0.4, -0.2) is 43.4 Å². The van der Waals surface area contributed by atoms with E-state index < -0.39 is 22.0 Å². The van der Waals surface area contributed by atoms with Crippen LogP contribution in [0.4, 0.5) is 10.8 Å². The van der Waals surface area contributed by atoms with Crippen molar-refractivity contribution in [2.24, 2.45) is 0 Å². The number of amides is 1. The lowest BCUT2D eigenvalue weighted by atomic mass is 10.2. The predicted octanol–water partition coefficient (Wildman–Crippen LogP) is 3.02. The Bertz CT molecular complexity index is 1160. The number of para-hydroxylation sites is 2. The summed E-state index contributed by atoms with van der Waals surface area (Å²) in [5.41, 5.74) is 1.22. The van der Waals surface area contributed by atoms with Crippen LogP contribution in [0.1, 0.15) is 0 Å². The second-order valence-electron chi connectivity index (χ2n) is 6.28. The van der Waals surface area contributed by atoms with E-state index in [-0.39, 0.29) is 11.7 Å². The van der Waals surface area contributed by atoms with Crippen molar-refractivity contribution in [3.05, 3.63) is 53.6 Å². The molecule has 11 heteroatoms. The highest BCUT2D eigenvalue weighted by molar-refractivity contribution is 7.92. The number of nitrogens with one attached hydrogen (secondary N) is 1. The highest BCUT2D eigenvalue weighted by atomic mass is 35.5. The van der Waals surface area contributed by atoms with Gasteiger partial charge in [0.25, 0.3) is 5.91 Å². The molecule has 1 amide bonds. The largest absolute Gasteiger partial charge is 0.476 e. The maximum Gasteiger partial charge on any atom is 0.269 e. The number of halogens is 1. The highest BCUT2D eigenvalue weighted by Crippen LogP contribution is 2.35. The molecule has 0 saturated carbocycles. The van der Waals surface area contributed by atoms with E-state index in [9.17, 15) is 13.2 Å². The minimum Gasteiger partial charge on any atom is -0.476 e. The van der Waals surface area contributed by atoms with E-state index in [0.29, 0.717) is 21.5 Å². The zero-order valence-electron chi connectivity index (χ0n) is 15.1. The lowest BCUT2D eigenvalue weighted by Gasteiger charge is -2.33. The molecular formula is C18H15ClN4O4S2. The Labute approximate surface area is 176 Å². The average Bonchev–Trinajstić information content (AvgIpc) is 3.15. The van der Waals surface area contributed by atoms with Crippen LogP contribution in [0.15, 0.2) is 48.5 Å². The predicted molar refractivity (Wildman–Crippen MR) is 112 cm³/mol. The first-order valence-electron chi connectivity index (χ1n) is 8.45. The molecule has 2 heterocycles. The number of nitrogens with zero attached hydrogens (tertiary/aromatic N) is 3. The molecule has 0 saturated heterocycles. The third-order valence-corrected chi connectivity index (χ3v) is 6.46. The van der Waals surface area contributed by atoms with E-state index in [0.717, 1.165) is 16.1 Å². The smallest absolute Gasteiger partial charge is 0.269 e. The number of fused-ring (bicyclic) bond motifs is 1. The number of aromatic nitrogens is 2. The Morgan fingerprint density at radius 2 is 1.93 bits per heavy atom. The van der Waals surface area contributed by atoms with Gasteiger partial charge in [0.2, 0.25) is 15.2 Å². The zero-order chi connectivity index (χ0) is 20.6. The second-order valence-corrected chi connectivity index (χ2v) is 9.60. The van der Waals surface area contributed by atoms with E-state index in [1.54, 1.807) is 48.5 Å². The van der Waals surface area contributed by atoms with Crippen LogP contribution in [0.2, 0.25) is 5.02 Å². The molecule has 0 bridgehead atoms. The summed E-state index contributed by atoms with van der Waals surface area (Å²) in [6.07, 6.45) is 0.0650. The summed E-state index contributed by atoms with van der Waals surface area (Å²) in [7, 11) is -3.58. The lowest BCUT2D eigenvalue weighted by molar-refractivity contribution is -0.122. The van der Waals surface area contributed by atoms with Crippen molar-refractivity contribution in [3.8, 4) is 16.3 Å². The van der Waals surface area contributed by atoms with Gasteiger partial charge in [-0.3, -0.25) is 14.4 Å². The molecule has 0 radical (unpaired) electrons. The van der Waals surface area contributed by atoms with Gasteiger partial charge < -0.3 is 4.74 Å². The van der Waals surface area contributed by atoms with E-state index in [1.807, 2.05) is 0 Å². The van der Waals surface area contributed by atoms with Gasteiger partial charge in [-0.25, -0.2) is 8.42 Å². The first-order valence-corrected chi connectivity index (χ1v) is 11.5. The number of ether oxygens (including phenoxy) is 1. The maximum atomic E-state index is 12.7. The number of carbonyl (C=O) groups excluding carboxylic acids is 1. The summed E-state index contributed by atoms with van der Waals surface area (Å²) >= 11 is 7.08. The SMILES string of the molecule is CS(=O)(=O)N1CC(C(=O)Nc2nnc(-c3ccc(Cl)cc3)s2)Oc2ccccc21. The van der Waals surface area contributed by atoms with Crippen LogP contribution in [0.3, 0.4) is 0 Å². The number of anilines is 2. The molecule has 1 aromatic heterocycles. The summed E-state index contributed by atoms with van der Waals surface area (Å²) in [5.74, 6) is -0.185. The molecule has 0 aliphatic carbocycles. The summed E-state index contributed by atoms with van der Waals surface area (Å²) < 4.78 is 31.2. The Morgan fingerprint density at radius 1 is 1.21 bits per heavy atom. The molecule has 1 N–H and O–H groups in total. The molecule has 1 unspecified atom stereocenters. The van der Waals surface area contributed by atoms with Gasteiger partial charge in [-0.15, -0.1) is 10.2 Å². The fourth-order valence-electron chi connectivity index (χ4n) is 2.82. The van der Waals surface area contributed by atoms with Crippen LogP contribution in [0, 0.1) is 0 Å². The van der Waals surface area contributed by atoms with Gasteiger partial charge in [0.05, 0.1) is 18.5 Å². The Kier molecular flexibility index (Phi) is 5.15. The van der Waals surface area contributed by atoms with Crippen molar-refractivity contribution >= 4 is 49.7 Å². The van der Waals surface area contributed by atoms with Crippen molar-refractivity contribution < 1.29 is 17.9 Å². The lowest BCUT2D eigenvalue weighted by Crippen LogP contribution is -2.48. The molecule has 150 valence electrons. The third kappa shape index (κ3) is 4.19. The van der Waals surface area contributed by atoms with Gasteiger partial charge in [0, 0.05) is 10.6 Å². The Morgan fingerprint density at radius 3 is 2.66 bits per heavy atom. The fraction of sp³-hybridized carbons (Fsp3) is 0.167. The topological polar surface area (TPSA) is 101 Å².